The van der Waals surface area contributed by atoms with Crippen LogP contribution in [0.25, 0.3) is 0 Å². The van der Waals surface area contributed by atoms with Gasteiger partial charge in [0.25, 0.3) is 0 Å². The molecule has 0 spiro atoms. The molecular formula is C8H15O3P. The average molecular weight is 190 g/mol. The molecule has 0 bridgehead atoms. The number of carbonyl (C=O) groups is 1. The smallest absolute Gasteiger partial charge is 0.330 e. The topological polar surface area (TPSA) is 46.5 Å². The molecule has 70 valence electrons. The summed E-state index contributed by atoms with van der Waals surface area (Å²) >= 11 is 0. The molecule has 1 unspecified atom stereocenters. The Morgan fingerprint density at radius 3 is 2.58 bits per heavy atom. The summed E-state index contributed by atoms with van der Waals surface area (Å²) in [5.41, 5.74) is 0.293. The van der Waals surface area contributed by atoms with Crippen molar-refractivity contribution < 1.29 is 14.4 Å². The summed E-state index contributed by atoms with van der Waals surface area (Å²) in [4.78, 5) is 10.3. The fourth-order valence-corrected chi connectivity index (χ4v) is 0.974. The number of carboxylic acids is 1. The third-order valence-electron chi connectivity index (χ3n) is 1.54. The Morgan fingerprint density at radius 2 is 2.08 bits per heavy atom. The predicted octanol–water partition coefficient (Wildman–Crippen LogP) is 1.99. The molecule has 0 rings (SSSR count). The van der Waals surface area contributed by atoms with E-state index in [-0.39, 0.29) is 0 Å². The number of hydrogen-bond acceptors (Lipinski definition) is 2. The first-order valence-corrected chi connectivity index (χ1v) is 4.38. The monoisotopic (exact) mass is 190 g/mol. The van der Waals surface area contributed by atoms with Crippen LogP contribution in [0.5, 0.6) is 0 Å². The van der Waals surface area contributed by atoms with Crippen LogP contribution in [0.15, 0.2) is 12.2 Å². The van der Waals surface area contributed by atoms with E-state index >= 15 is 0 Å². The fraction of sp³-hybridized carbons (Fsp3) is 0.625. The summed E-state index contributed by atoms with van der Waals surface area (Å²) in [6.45, 7) is 4.15. The van der Waals surface area contributed by atoms with Crippen molar-refractivity contribution in [2.75, 3.05) is 6.61 Å². The zero-order valence-electron chi connectivity index (χ0n) is 7.08. The van der Waals surface area contributed by atoms with Crippen molar-refractivity contribution in [3.63, 3.8) is 0 Å². The van der Waals surface area contributed by atoms with Gasteiger partial charge in [-0.1, -0.05) is 13.0 Å². The Kier molecular flexibility index (Phi) is 7.02. The van der Waals surface area contributed by atoms with Gasteiger partial charge in [-0.15, -0.1) is 0 Å². The molecule has 0 radical (unpaired) electrons. The van der Waals surface area contributed by atoms with Gasteiger partial charge < -0.3 is 9.63 Å². The number of rotatable bonds is 7. The first-order chi connectivity index (χ1) is 5.68. The van der Waals surface area contributed by atoms with Crippen molar-refractivity contribution in [2.24, 2.45) is 0 Å². The minimum absolute atomic E-state index is 0.293. The lowest BCUT2D eigenvalue weighted by Gasteiger charge is -2.00. The highest BCUT2D eigenvalue weighted by atomic mass is 31.0. The maximum absolute atomic E-state index is 10.3. The highest BCUT2D eigenvalue weighted by molar-refractivity contribution is 7.09. The van der Waals surface area contributed by atoms with E-state index < -0.39 is 5.97 Å². The van der Waals surface area contributed by atoms with Crippen LogP contribution >= 0.6 is 9.47 Å². The number of hydrogen-bond donors (Lipinski definition) is 1. The molecular weight excluding hydrogens is 175 g/mol. The molecule has 0 aromatic carbocycles. The molecule has 0 aliphatic heterocycles. The molecule has 1 N–H and O–H groups in total. The molecule has 3 nitrogen and oxygen atoms in total. The zero-order chi connectivity index (χ0) is 9.40. The Morgan fingerprint density at radius 1 is 1.42 bits per heavy atom. The molecule has 0 heterocycles. The molecule has 0 aliphatic rings. The molecule has 0 fully saturated rings. The highest BCUT2D eigenvalue weighted by Crippen LogP contribution is 2.07. The zero-order valence-corrected chi connectivity index (χ0v) is 8.24. The largest absolute Gasteiger partial charge is 0.478 e. The Labute approximate surface area is 75.1 Å². The second kappa shape index (κ2) is 7.26. The van der Waals surface area contributed by atoms with Gasteiger partial charge >= 0.3 is 5.97 Å². The van der Waals surface area contributed by atoms with E-state index in [0.29, 0.717) is 18.6 Å². The molecule has 0 aliphatic carbocycles. The van der Waals surface area contributed by atoms with Crippen molar-refractivity contribution in [3.8, 4) is 0 Å². The van der Waals surface area contributed by atoms with Gasteiger partial charge in [-0.25, -0.2) is 4.79 Å². The van der Waals surface area contributed by atoms with Crippen LogP contribution in [0, 0.1) is 0 Å². The molecule has 0 aromatic heterocycles. The third kappa shape index (κ3) is 6.32. The first-order valence-electron chi connectivity index (χ1n) is 3.91. The van der Waals surface area contributed by atoms with Gasteiger partial charge in [0.15, 0.2) is 0 Å². The average Bonchev–Trinajstić information content (AvgIpc) is 2.03. The van der Waals surface area contributed by atoms with Crippen molar-refractivity contribution in [3.05, 3.63) is 12.2 Å². The molecule has 0 saturated heterocycles. The van der Waals surface area contributed by atoms with E-state index in [1.165, 1.54) is 0 Å². The Bertz CT molecular complexity index is 156. The van der Waals surface area contributed by atoms with Gasteiger partial charge in [0.2, 0.25) is 0 Å². The summed E-state index contributed by atoms with van der Waals surface area (Å²) in [5, 5.41) is 8.46. The lowest BCUT2D eigenvalue weighted by molar-refractivity contribution is -0.132. The third-order valence-corrected chi connectivity index (χ3v) is 1.78. The van der Waals surface area contributed by atoms with Crippen LogP contribution < -0.4 is 0 Å². The minimum Gasteiger partial charge on any atom is -0.478 e. The van der Waals surface area contributed by atoms with Gasteiger partial charge in [-0.2, -0.15) is 0 Å². The van der Waals surface area contributed by atoms with Gasteiger partial charge in [0.1, 0.15) is 0 Å². The van der Waals surface area contributed by atoms with E-state index in [9.17, 15) is 4.79 Å². The molecule has 0 amide bonds. The fourth-order valence-electron chi connectivity index (χ4n) is 0.807. The van der Waals surface area contributed by atoms with E-state index in [4.69, 9.17) is 9.63 Å². The maximum atomic E-state index is 10.3. The van der Waals surface area contributed by atoms with Crippen molar-refractivity contribution in [1.29, 1.82) is 0 Å². The molecule has 0 saturated carbocycles. The van der Waals surface area contributed by atoms with Gasteiger partial charge in [0.05, 0.1) is 6.61 Å². The summed E-state index contributed by atoms with van der Waals surface area (Å²) < 4.78 is 4.77. The molecule has 12 heavy (non-hydrogen) atoms. The van der Waals surface area contributed by atoms with Crippen LogP contribution in [0.2, 0.25) is 0 Å². The van der Waals surface area contributed by atoms with Crippen molar-refractivity contribution in [1.82, 2.24) is 0 Å². The lowest BCUT2D eigenvalue weighted by atomic mass is 10.1. The molecule has 4 heteroatoms. The van der Waals surface area contributed by atoms with Gasteiger partial charge in [-0.3, -0.25) is 0 Å². The summed E-state index contributed by atoms with van der Waals surface area (Å²) in [6, 6.07) is 0. The second-order valence-electron chi connectivity index (χ2n) is 2.59. The second-order valence-corrected chi connectivity index (χ2v) is 2.92. The van der Waals surface area contributed by atoms with Gasteiger partial charge in [0, 0.05) is 15.0 Å². The van der Waals surface area contributed by atoms with E-state index in [1.54, 1.807) is 0 Å². The standard InChI is InChI=1S/C8H15O3P/c1-7(8(9)10)5-3-2-4-6-11-12/h1-6,12H2,(H,9,10). The van der Waals surface area contributed by atoms with Crippen LogP contribution in [0.1, 0.15) is 25.7 Å². The predicted molar refractivity (Wildman–Crippen MR) is 50.9 cm³/mol. The van der Waals surface area contributed by atoms with Gasteiger partial charge in [-0.05, 0) is 19.3 Å². The lowest BCUT2D eigenvalue weighted by Crippen LogP contribution is -1.98. The maximum Gasteiger partial charge on any atom is 0.330 e. The summed E-state index contributed by atoms with van der Waals surface area (Å²) in [5.74, 6) is -0.891. The first kappa shape index (κ1) is 11.6. The quantitative estimate of drug-likeness (QED) is 0.379. The normalized spacial score (nSPS) is 9.75. The van der Waals surface area contributed by atoms with E-state index in [2.05, 4.69) is 16.0 Å². The molecule has 0 aromatic rings. The van der Waals surface area contributed by atoms with Crippen molar-refractivity contribution in [2.45, 2.75) is 25.7 Å². The SMILES string of the molecule is C=C(CCCCCOP)C(=O)O. The number of aliphatic carboxylic acids is 1. The summed E-state index contributed by atoms with van der Waals surface area (Å²) in [7, 11) is 2.19. The minimum atomic E-state index is -0.891. The Balaban J connectivity index is 3.20. The number of unbranched alkanes of at least 4 members (excludes halogenated alkanes) is 2. The Hall–Kier alpha value is -0.400. The van der Waals surface area contributed by atoms with E-state index in [1.807, 2.05) is 0 Å². The highest BCUT2D eigenvalue weighted by Gasteiger charge is 2.02. The summed E-state index contributed by atoms with van der Waals surface area (Å²) in [6.07, 6.45) is 3.41. The van der Waals surface area contributed by atoms with Crippen molar-refractivity contribution >= 4 is 15.4 Å². The van der Waals surface area contributed by atoms with Crippen LogP contribution in [0.3, 0.4) is 0 Å². The van der Waals surface area contributed by atoms with Crippen LogP contribution in [-0.4, -0.2) is 17.7 Å². The van der Waals surface area contributed by atoms with Crippen LogP contribution in [0.4, 0.5) is 0 Å². The number of carboxylic acid groups (broad SMARTS) is 1. The molecule has 1 atom stereocenters. The van der Waals surface area contributed by atoms with Crippen LogP contribution in [-0.2, 0) is 9.32 Å². The van der Waals surface area contributed by atoms with E-state index in [0.717, 1.165) is 19.3 Å².